The molecular formula is C13H16N2OS. The lowest BCUT2D eigenvalue weighted by molar-refractivity contribution is 0.416. The molecule has 90 valence electrons. The van der Waals surface area contributed by atoms with Crippen molar-refractivity contribution in [2.75, 3.05) is 7.11 Å². The van der Waals surface area contributed by atoms with Crippen molar-refractivity contribution in [3.8, 4) is 17.0 Å². The van der Waals surface area contributed by atoms with Crippen LogP contribution in [0.5, 0.6) is 5.75 Å². The third-order valence-electron chi connectivity index (χ3n) is 2.85. The summed E-state index contributed by atoms with van der Waals surface area (Å²) in [5.74, 6) is 0.863. The second kappa shape index (κ2) is 4.85. The summed E-state index contributed by atoms with van der Waals surface area (Å²) in [4.78, 5) is 1.08. The van der Waals surface area contributed by atoms with Gasteiger partial charge in [0.25, 0.3) is 0 Å². The van der Waals surface area contributed by atoms with Crippen molar-refractivity contribution in [3.05, 3.63) is 34.2 Å². The molecule has 1 aromatic heterocycles. The maximum absolute atomic E-state index is 5.60. The first-order valence-corrected chi connectivity index (χ1v) is 6.24. The summed E-state index contributed by atoms with van der Waals surface area (Å²) < 4.78 is 9.83. The minimum absolute atomic E-state index is 0.533. The summed E-state index contributed by atoms with van der Waals surface area (Å²) in [6.45, 7) is 4.70. The molecular weight excluding hydrogens is 232 g/mol. The van der Waals surface area contributed by atoms with E-state index in [-0.39, 0.29) is 0 Å². The van der Waals surface area contributed by atoms with Crippen LogP contribution in [0.3, 0.4) is 0 Å². The predicted molar refractivity (Wildman–Crippen MR) is 71.5 cm³/mol. The number of benzene rings is 1. The van der Waals surface area contributed by atoms with Gasteiger partial charge in [0.1, 0.15) is 5.75 Å². The summed E-state index contributed by atoms with van der Waals surface area (Å²) in [5.41, 5.74) is 10.0. The van der Waals surface area contributed by atoms with Crippen LogP contribution in [-0.4, -0.2) is 11.5 Å². The molecule has 0 bridgehead atoms. The maximum atomic E-state index is 5.60. The van der Waals surface area contributed by atoms with Gasteiger partial charge < -0.3 is 10.5 Å². The molecule has 3 nitrogen and oxygen atoms in total. The minimum Gasteiger partial charge on any atom is -0.496 e. The molecule has 0 fully saturated rings. The van der Waals surface area contributed by atoms with Gasteiger partial charge in [0.2, 0.25) is 0 Å². The van der Waals surface area contributed by atoms with Crippen molar-refractivity contribution >= 4 is 11.5 Å². The van der Waals surface area contributed by atoms with Gasteiger partial charge in [-0.3, -0.25) is 0 Å². The summed E-state index contributed by atoms with van der Waals surface area (Å²) in [6, 6.07) is 6.19. The number of aromatic nitrogens is 1. The van der Waals surface area contributed by atoms with Crippen LogP contribution >= 0.6 is 11.5 Å². The lowest BCUT2D eigenvalue weighted by Gasteiger charge is -2.09. The number of nitrogens with zero attached hydrogens (tertiary/aromatic N) is 1. The average Bonchev–Trinajstić information content (AvgIpc) is 2.80. The Labute approximate surface area is 105 Å². The highest BCUT2D eigenvalue weighted by molar-refractivity contribution is 7.06. The van der Waals surface area contributed by atoms with Gasteiger partial charge >= 0.3 is 0 Å². The van der Waals surface area contributed by atoms with E-state index < -0.39 is 0 Å². The summed E-state index contributed by atoms with van der Waals surface area (Å²) >= 11 is 1.44. The van der Waals surface area contributed by atoms with E-state index in [1.54, 1.807) is 7.11 Å². The van der Waals surface area contributed by atoms with Gasteiger partial charge in [0, 0.05) is 17.0 Å². The minimum atomic E-state index is 0.533. The van der Waals surface area contributed by atoms with Crippen molar-refractivity contribution in [1.82, 2.24) is 4.37 Å². The van der Waals surface area contributed by atoms with Crippen LogP contribution in [0.4, 0.5) is 0 Å². The standard InChI is InChI=1S/C13H16N2OS/c1-8-4-11(13(16-3)5-9(8)2)12-6-10(7-14)17-15-12/h4-6H,7,14H2,1-3H3. The number of nitrogens with two attached hydrogens (primary N) is 1. The molecule has 1 heterocycles. The van der Waals surface area contributed by atoms with Crippen LogP contribution in [0, 0.1) is 13.8 Å². The Bertz CT molecular complexity index is 534. The largest absolute Gasteiger partial charge is 0.496 e. The molecule has 0 amide bonds. The molecule has 1 aromatic carbocycles. The van der Waals surface area contributed by atoms with E-state index in [1.807, 2.05) is 12.1 Å². The fourth-order valence-corrected chi connectivity index (χ4v) is 2.30. The molecule has 0 aliphatic carbocycles. The molecule has 0 spiro atoms. The van der Waals surface area contributed by atoms with Crippen molar-refractivity contribution in [1.29, 1.82) is 0 Å². The van der Waals surface area contributed by atoms with Crippen LogP contribution < -0.4 is 10.5 Å². The van der Waals surface area contributed by atoms with E-state index >= 15 is 0 Å². The predicted octanol–water partition coefficient (Wildman–Crippen LogP) is 2.89. The van der Waals surface area contributed by atoms with Gasteiger partial charge in [-0.15, -0.1) is 0 Å². The third-order valence-corrected chi connectivity index (χ3v) is 3.66. The number of aryl methyl sites for hydroxylation is 2. The van der Waals surface area contributed by atoms with E-state index in [9.17, 15) is 0 Å². The SMILES string of the molecule is COc1cc(C)c(C)cc1-c1cc(CN)sn1. The highest BCUT2D eigenvalue weighted by Gasteiger charge is 2.11. The van der Waals surface area contributed by atoms with E-state index in [1.165, 1.54) is 22.7 Å². The number of methoxy groups -OCH3 is 1. The van der Waals surface area contributed by atoms with Crippen molar-refractivity contribution < 1.29 is 4.74 Å². The van der Waals surface area contributed by atoms with E-state index in [4.69, 9.17) is 10.5 Å². The fourth-order valence-electron chi connectivity index (χ4n) is 1.69. The van der Waals surface area contributed by atoms with Gasteiger partial charge in [0.05, 0.1) is 12.8 Å². The molecule has 0 aliphatic rings. The van der Waals surface area contributed by atoms with Crippen LogP contribution in [0.25, 0.3) is 11.3 Å². The first-order chi connectivity index (χ1) is 8.15. The zero-order valence-corrected chi connectivity index (χ0v) is 11.1. The Morgan fingerprint density at radius 3 is 2.53 bits per heavy atom. The van der Waals surface area contributed by atoms with Crippen LogP contribution in [0.1, 0.15) is 16.0 Å². The smallest absolute Gasteiger partial charge is 0.128 e. The second-order valence-electron chi connectivity index (χ2n) is 4.02. The maximum Gasteiger partial charge on any atom is 0.128 e. The van der Waals surface area contributed by atoms with Crippen molar-refractivity contribution in [2.24, 2.45) is 5.73 Å². The van der Waals surface area contributed by atoms with Crippen LogP contribution in [0.15, 0.2) is 18.2 Å². The van der Waals surface area contributed by atoms with Gasteiger partial charge in [-0.05, 0) is 54.7 Å². The number of hydrogen-bond acceptors (Lipinski definition) is 4. The molecule has 0 radical (unpaired) electrons. The first kappa shape index (κ1) is 12.1. The molecule has 0 unspecified atom stereocenters. The van der Waals surface area contributed by atoms with E-state index in [0.29, 0.717) is 6.54 Å². The molecule has 17 heavy (non-hydrogen) atoms. The monoisotopic (exact) mass is 248 g/mol. The topological polar surface area (TPSA) is 48.1 Å². The van der Waals surface area contributed by atoms with Crippen molar-refractivity contribution in [3.63, 3.8) is 0 Å². The highest BCUT2D eigenvalue weighted by atomic mass is 32.1. The summed E-state index contributed by atoms with van der Waals surface area (Å²) in [7, 11) is 1.68. The molecule has 2 rings (SSSR count). The molecule has 2 aromatic rings. The molecule has 0 aliphatic heterocycles. The third kappa shape index (κ3) is 2.33. The normalized spacial score (nSPS) is 10.6. The van der Waals surface area contributed by atoms with Gasteiger partial charge in [0.15, 0.2) is 0 Å². The van der Waals surface area contributed by atoms with E-state index in [2.05, 4.69) is 24.3 Å². The van der Waals surface area contributed by atoms with Gasteiger partial charge in [-0.1, -0.05) is 0 Å². The highest BCUT2D eigenvalue weighted by Crippen LogP contribution is 2.33. The lowest BCUT2D eigenvalue weighted by Crippen LogP contribution is -1.93. The molecule has 2 N–H and O–H groups in total. The fraction of sp³-hybridized carbons (Fsp3) is 0.308. The van der Waals surface area contributed by atoms with Crippen LogP contribution in [0.2, 0.25) is 0 Å². The Balaban J connectivity index is 2.53. The Hall–Kier alpha value is -1.39. The Kier molecular flexibility index (Phi) is 3.45. The Morgan fingerprint density at radius 2 is 1.94 bits per heavy atom. The van der Waals surface area contributed by atoms with Crippen LogP contribution in [-0.2, 0) is 6.54 Å². The number of rotatable bonds is 3. The molecule has 0 saturated carbocycles. The van der Waals surface area contributed by atoms with E-state index in [0.717, 1.165) is 21.9 Å². The summed E-state index contributed by atoms with van der Waals surface area (Å²) in [5, 5.41) is 0. The lowest BCUT2D eigenvalue weighted by atomic mass is 10.0. The quantitative estimate of drug-likeness (QED) is 0.908. The number of ether oxygens (including phenoxy) is 1. The zero-order valence-electron chi connectivity index (χ0n) is 10.3. The Morgan fingerprint density at radius 1 is 1.24 bits per heavy atom. The average molecular weight is 248 g/mol. The van der Waals surface area contributed by atoms with Crippen molar-refractivity contribution in [2.45, 2.75) is 20.4 Å². The zero-order chi connectivity index (χ0) is 12.4. The first-order valence-electron chi connectivity index (χ1n) is 5.47. The number of hydrogen-bond donors (Lipinski definition) is 1. The second-order valence-corrected chi connectivity index (χ2v) is 4.91. The van der Waals surface area contributed by atoms with Gasteiger partial charge in [-0.25, -0.2) is 0 Å². The molecule has 0 saturated heterocycles. The molecule has 0 atom stereocenters. The molecule has 4 heteroatoms. The van der Waals surface area contributed by atoms with Gasteiger partial charge in [-0.2, -0.15) is 4.37 Å². The summed E-state index contributed by atoms with van der Waals surface area (Å²) in [6.07, 6.45) is 0.